The Balaban J connectivity index is 1.30. The maximum absolute atomic E-state index is 12.5. The van der Waals surface area contributed by atoms with E-state index >= 15 is 0 Å². The quantitative estimate of drug-likeness (QED) is 0.523. The molecule has 4 N–H and O–H groups in total. The van der Waals surface area contributed by atoms with Gasteiger partial charge in [0.15, 0.2) is 0 Å². The number of methoxy groups -OCH3 is 1. The molecule has 2 unspecified atom stereocenters. The molecule has 4 atom stereocenters. The van der Waals surface area contributed by atoms with Crippen LogP contribution in [-0.4, -0.2) is 63.6 Å². The monoisotopic (exact) mass is 398 g/mol. The van der Waals surface area contributed by atoms with Crippen molar-refractivity contribution in [2.24, 2.45) is 16.0 Å². The normalized spacial score (nSPS) is 27.5. The van der Waals surface area contributed by atoms with E-state index in [0.29, 0.717) is 24.9 Å². The van der Waals surface area contributed by atoms with Crippen molar-refractivity contribution in [3.8, 4) is 0 Å². The summed E-state index contributed by atoms with van der Waals surface area (Å²) in [5, 5.41) is 13.5. The van der Waals surface area contributed by atoms with E-state index in [1.165, 1.54) is 5.56 Å². The fourth-order valence-electron chi connectivity index (χ4n) is 3.75. The summed E-state index contributed by atoms with van der Waals surface area (Å²) >= 11 is 0. The number of amides is 2. The molecule has 3 aliphatic heterocycles. The lowest BCUT2D eigenvalue weighted by molar-refractivity contribution is 0.139. The maximum Gasteiger partial charge on any atom is 0.320 e. The molecule has 1 aromatic rings. The first-order chi connectivity index (χ1) is 14.2. The van der Waals surface area contributed by atoms with E-state index in [1.807, 2.05) is 24.3 Å². The van der Waals surface area contributed by atoms with Crippen LogP contribution in [0.5, 0.6) is 0 Å². The number of carbonyl (C=O) groups is 1. The molecule has 29 heavy (non-hydrogen) atoms. The van der Waals surface area contributed by atoms with Gasteiger partial charge in [0.05, 0.1) is 24.6 Å². The second-order valence-corrected chi connectivity index (χ2v) is 7.18. The Kier molecular flexibility index (Phi) is 6.06. The van der Waals surface area contributed by atoms with E-state index < -0.39 is 0 Å². The predicted molar refractivity (Wildman–Crippen MR) is 110 cm³/mol. The summed E-state index contributed by atoms with van der Waals surface area (Å²) in [6.07, 6.45) is 3.60. The van der Waals surface area contributed by atoms with Crippen LogP contribution in [0.2, 0.25) is 0 Å². The van der Waals surface area contributed by atoms with Gasteiger partial charge < -0.3 is 20.1 Å². The van der Waals surface area contributed by atoms with Crippen molar-refractivity contribution >= 4 is 18.1 Å². The van der Waals surface area contributed by atoms with Gasteiger partial charge in [-0.3, -0.25) is 10.7 Å². The zero-order chi connectivity index (χ0) is 20.1. The number of nitrogens with zero attached hydrogens (tertiary/aromatic N) is 2. The van der Waals surface area contributed by atoms with Crippen LogP contribution in [-0.2, 0) is 9.47 Å². The van der Waals surface area contributed by atoms with E-state index in [-0.39, 0.29) is 30.0 Å². The highest BCUT2D eigenvalue weighted by Crippen LogP contribution is 2.23. The Morgan fingerprint density at radius 2 is 2.10 bits per heavy atom. The zero-order valence-electron chi connectivity index (χ0n) is 16.3. The lowest BCUT2D eigenvalue weighted by Gasteiger charge is -2.22. The number of urea groups is 1. The topological polar surface area (TPSA) is 108 Å². The first-order valence-corrected chi connectivity index (χ1v) is 9.78. The standard InChI is InChI=1S/C20H26N6O3/c1-28-7-8-29-19-15-11-22-18(9-16(15)25-26-19)24-20(27)23-17-12-21-10-14(17)13-5-3-2-4-6-13/h2-6,9,11,14-17,21,25H,7-8,10,12H2,1H3,(H2,23,24,27)/t14-,15?,16?,17+/m1/s1. The van der Waals surface area contributed by atoms with Crippen LogP contribution in [0.15, 0.2) is 52.3 Å². The highest BCUT2D eigenvalue weighted by atomic mass is 16.5. The Hall–Kier alpha value is -2.91. The largest absolute Gasteiger partial charge is 0.477 e. The summed E-state index contributed by atoms with van der Waals surface area (Å²) in [4.78, 5) is 16.9. The van der Waals surface area contributed by atoms with Gasteiger partial charge in [-0.05, 0) is 11.6 Å². The van der Waals surface area contributed by atoms with Gasteiger partial charge in [0, 0.05) is 32.3 Å². The minimum absolute atomic E-state index is 0.0204. The van der Waals surface area contributed by atoms with Crippen LogP contribution in [0.25, 0.3) is 0 Å². The number of benzene rings is 1. The summed E-state index contributed by atoms with van der Waals surface area (Å²) in [7, 11) is 1.62. The average Bonchev–Trinajstić information content (AvgIpc) is 3.35. The SMILES string of the molecule is COCCOC1=NNC2C=C(NC(=O)N[C@H]3CNC[C@@H]3c3ccccc3)N=CC12. The molecule has 3 heterocycles. The minimum atomic E-state index is -0.267. The summed E-state index contributed by atoms with van der Waals surface area (Å²) < 4.78 is 10.6. The van der Waals surface area contributed by atoms with Crippen molar-refractivity contribution in [2.75, 3.05) is 33.4 Å². The van der Waals surface area contributed by atoms with Crippen LogP contribution in [0.4, 0.5) is 4.79 Å². The average molecular weight is 398 g/mol. The number of rotatable bonds is 6. The molecule has 3 aliphatic rings. The molecular weight excluding hydrogens is 372 g/mol. The third kappa shape index (κ3) is 4.57. The van der Waals surface area contributed by atoms with Gasteiger partial charge >= 0.3 is 6.03 Å². The predicted octanol–water partition coefficient (Wildman–Crippen LogP) is 0.532. The summed E-state index contributed by atoms with van der Waals surface area (Å²) in [5.74, 6) is 1.24. The van der Waals surface area contributed by atoms with Gasteiger partial charge in [-0.1, -0.05) is 30.3 Å². The van der Waals surface area contributed by atoms with E-state index in [2.05, 4.69) is 43.6 Å². The van der Waals surface area contributed by atoms with Crippen molar-refractivity contribution < 1.29 is 14.3 Å². The van der Waals surface area contributed by atoms with Gasteiger partial charge in [0.1, 0.15) is 12.4 Å². The Morgan fingerprint density at radius 3 is 2.93 bits per heavy atom. The van der Waals surface area contributed by atoms with Gasteiger partial charge in [-0.2, -0.15) is 0 Å². The van der Waals surface area contributed by atoms with Gasteiger partial charge in [0.25, 0.3) is 0 Å². The highest BCUT2D eigenvalue weighted by Gasteiger charge is 2.34. The molecule has 0 radical (unpaired) electrons. The Bertz CT molecular complexity index is 810. The summed E-state index contributed by atoms with van der Waals surface area (Å²) in [5.41, 5.74) is 4.23. The van der Waals surface area contributed by atoms with Gasteiger partial charge in [0.2, 0.25) is 5.90 Å². The smallest absolute Gasteiger partial charge is 0.320 e. The van der Waals surface area contributed by atoms with Crippen molar-refractivity contribution in [2.45, 2.75) is 18.0 Å². The molecule has 154 valence electrons. The third-order valence-electron chi connectivity index (χ3n) is 5.24. The summed E-state index contributed by atoms with van der Waals surface area (Å²) in [6, 6.07) is 9.89. The number of hydrazone groups is 1. The number of hydrogen-bond acceptors (Lipinski definition) is 7. The van der Waals surface area contributed by atoms with E-state index in [9.17, 15) is 4.79 Å². The first kappa shape index (κ1) is 19.4. The molecule has 4 rings (SSSR count). The van der Waals surface area contributed by atoms with Crippen molar-refractivity contribution in [3.05, 3.63) is 47.8 Å². The number of carbonyl (C=O) groups excluding carboxylic acids is 1. The van der Waals surface area contributed by atoms with Gasteiger partial charge in [-0.15, -0.1) is 5.10 Å². The number of nitrogens with one attached hydrogen (secondary N) is 4. The minimum Gasteiger partial charge on any atom is -0.477 e. The molecule has 0 spiro atoms. The second-order valence-electron chi connectivity index (χ2n) is 7.18. The van der Waals surface area contributed by atoms with Crippen LogP contribution in [0.1, 0.15) is 11.5 Å². The van der Waals surface area contributed by atoms with Crippen LogP contribution in [0.3, 0.4) is 0 Å². The van der Waals surface area contributed by atoms with E-state index in [0.717, 1.165) is 13.1 Å². The molecular formula is C20H26N6O3. The Morgan fingerprint density at radius 1 is 1.24 bits per heavy atom. The van der Waals surface area contributed by atoms with Crippen molar-refractivity contribution in [1.82, 2.24) is 21.4 Å². The molecule has 1 aromatic carbocycles. The maximum atomic E-state index is 12.5. The molecule has 9 heteroatoms. The van der Waals surface area contributed by atoms with E-state index in [4.69, 9.17) is 9.47 Å². The Labute approximate surface area is 169 Å². The molecule has 0 aliphatic carbocycles. The van der Waals surface area contributed by atoms with Crippen molar-refractivity contribution in [3.63, 3.8) is 0 Å². The number of fused-ring (bicyclic) bond motifs is 1. The summed E-state index contributed by atoms with van der Waals surface area (Å²) in [6.45, 7) is 2.50. The number of ether oxygens (including phenoxy) is 2. The lowest BCUT2D eigenvalue weighted by Crippen LogP contribution is -2.45. The molecule has 0 bridgehead atoms. The van der Waals surface area contributed by atoms with E-state index in [1.54, 1.807) is 13.3 Å². The van der Waals surface area contributed by atoms with Crippen LogP contribution >= 0.6 is 0 Å². The molecule has 2 amide bonds. The number of aliphatic imine (C=N–C) groups is 1. The number of hydrogen-bond donors (Lipinski definition) is 4. The molecule has 9 nitrogen and oxygen atoms in total. The first-order valence-electron chi connectivity index (χ1n) is 9.78. The van der Waals surface area contributed by atoms with Crippen LogP contribution in [0, 0.1) is 5.92 Å². The molecule has 1 fully saturated rings. The van der Waals surface area contributed by atoms with Crippen LogP contribution < -0.4 is 21.4 Å². The fourth-order valence-corrected chi connectivity index (χ4v) is 3.75. The van der Waals surface area contributed by atoms with Crippen molar-refractivity contribution in [1.29, 1.82) is 0 Å². The second kappa shape index (κ2) is 9.06. The van der Waals surface area contributed by atoms with Gasteiger partial charge in [-0.25, -0.2) is 9.79 Å². The molecule has 0 aromatic heterocycles. The molecule has 1 saturated heterocycles. The fraction of sp³-hybridized carbons (Fsp3) is 0.450. The third-order valence-corrected chi connectivity index (χ3v) is 5.24. The zero-order valence-corrected chi connectivity index (χ0v) is 16.3. The lowest BCUT2D eigenvalue weighted by atomic mass is 9.94. The highest BCUT2D eigenvalue weighted by molar-refractivity contribution is 5.97. The molecule has 0 saturated carbocycles.